The van der Waals surface area contributed by atoms with Crippen LogP contribution in [0.25, 0.3) is 0 Å². The normalized spacial score (nSPS) is 44.2. The lowest BCUT2D eigenvalue weighted by atomic mass is 9.48. The molecule has 0 aromatic carbocycles. The van der Waals surface area contributed by atoms with Crippen molar-refractivity contribution < 1.29 is 4.74 Å². The maximum Gasteiger partial charge on any atom is 0.0691 e. The Hall–Kier alpha value is -0.120. The Kier molecular flexibility index (Phi) is 2.63. The molecule has 1 aliphatic heterocycles. The third kappa shape index (κ3) is 1.74. The average Bonchev–Trinajstić information content (AvgIpc) is 3.29. The molecule has 19 heavy (non-hydrogen) atoms. The molecule has 0 amide bonds. The van der Waals surface area contributed by atoms with E-state index >= 15 is 0 Å². The molecule has 4 fully saturated rings. The van der Waals surface area contributed by atoms with Crippen LogP contribution in [0.2, 0.25) is 0 Å². The highest BCUT2D eigenvalue weighted by molar-refractivity contribution is 5.21. The summed E-state index contributed by atoms with van der Waals surface area (Å²) in [5.41, 5.74) is 6.88. The second-order valence-corrected chi connectivity index (χ2v) is 8.03. The molecule has 3 nitrogen and oxygen atoms in total. The number of rotatable bonds is 5. The van der Waals surface area contributed by atoms with Crippen LogP contribution in [0.1, 0.15) is 46.0 Å². The zero-order chi connectivity index (χ0) is 13.3. The molecule has 4 aliphatic rings. The minimum Gasteiger partial charge on any atom is -0.377 e. The smallest absolute Gasteiger partial charge is 0.0691 e. The predicted octanol–water partition coefficient (Wildman–Crippen LogP) is 1.91. The molecule has 4 rings (SSSR count). The van der Waals surface area contributed by atoms with E-state index in [9.17, 15) is 0 Å². The van der Waals surface area contributed by atoms with E-state index in [1.807, 2.05) is 0 Å². The van der Waals surface area contributed by atoms with Gasteiger partial charge < -0.3 is 15.8 Å². The Morgan fingerprint density at radius 3 is 2.37 bits per heavy atom. The van der Waals surface area contributed by atoms with Gasteiger partial charge in [0.05, 0.1) is 6.10 Å². The van der Waals surface area contributed by atoms with Crippen LogP contribution in [0.3, 0.4) is 0 Å². The molecule has 0 radical (unpaired) electrons. The maximum atomic E-state index is 6.81. The van der Waals surface area contributed by atoms with E-state index in [4.69, 9.17) is 10.5 Å². The number of hydrogen-bond acceptors (Lipinski definition) is 3. The Morgan fingerprint density at radius 2 is 1.79 bits per heavy atom. The molecule has 1 saturated heterocycles. The first kappa shape index (κ1) is 12.6. The van der Waals surface area contributed by atoms with Crippen molar-refractivity contribution >= 4 is 0 Å². The SMILES string of the molecule is CC1(C)C2OCCC2C1(N)CNC(C1CC1)C1CC1. The van der Waals surface area contributed by atoms with E-state index in [-0.39, 0.29) is 11.0 Å². The van der Waals surface area contributed by atoms with Gasteiger partial charge in [-0.1, -0.05) is 13.8 Å². The summed E-state index contributed by atoms with van der Waals surface area (Å²) in [6.07, 6.45) is 7.30. The number of ether oxygens (including phenoxy) is 1. The van der Waals surface area contributed by atoms with Crippen LogP contribution in [0.15, 0.2) is 0 Å². The van der Waals surface area contributed by atoms with Crippen LogP contribution in [0.4, 0.5) is 0 Å². The van der Waals surface area contributed by atoms with Gasteiger partial charge in [0, 0.05) is 36.1 Å². The molecule has 3 saturated carbocycles. The Balaban J connectivity index is 1.43. The minimum atomic E-state index is -0.0593. The van der Waals surface area contributed by atoms with E-state index in [1.165, 1.54) is 25.7 Å². The van der Waals surface area contributed by atoms with Gasteiger partial charge in [-0.25, -0.2) is 0 Å². The van der Waals surface area contributed by atoms with Crippen molar-refractivity contribution in [1.82, 2.24) is 5.32 Å². The predicted molar refractivity (Wildman–Crippen MR) is 75.8 cm³/mol. The fraction of sp³-hybridized carbons (Fsp3) is 1.00. The topological polar surface area (TPSA) is 47.3 Å². The van der Waals surface area contributed by atoms with Crippen molar-refractivity contribution in [2.75, 3.05) is 13.2 Å². The Bertz CT molecular complexity index is 363. The van der Waals surface area contributed by atoms with E-state index in [0.29, 0.717) is 12.0 Å². The number of hydrogen-bond donors (Lipinski definition) is 2. The molecule has 3 atom stereocenters. The van der Waals surface area contributed by atoms with Crippen molar-refractivity contribution in [3.8, 4) is 0 Å². The first-order valence-electron chi connectivity index (χ1n) is 8.18. The van der Waals surface area contributed by atoms with Crippen LogP contribution < -0.4 is 11.1 Å². The second kappa shape index (κ2) is 3.96. The van der Waals surface area contributed by atoms with Gasteiger partial charge in [0.25, 0.3) is 0 Å². The fourth-order valence-corrected chi connectivity index (χ4v) is 4.75. The molecule has 0 aromatic rings. The van der Waals surface area contributed by atoms with Gasteiger partial charge in [-0.15, -0.1) is 0 Å². The Labute approximate surface area is 116 Å². The lowest BCUT2D eigenvalue weighted by Gasteiger charge is -2.62. The molecule has 3 heteroatoms. The highest BCUT2D eigenvalue weighted by Crippen LogP contribution is 2.58. The summed E-state index contributed by atoms with van der Waals surface area (Å²) in [6.45, 7) is 6.49. The number of fused-ring (bicyclic) bond motifs is 1. The first-order valence-corrected chi connectivity index (χ1v) is 8.18. The summed E-state index contributed by atoms with van der Waals surface area (Å²) < 4.78 is 5.88. The number of nitrogens with two attached hydrogens (primary N) is 1. The highest BCUT2D eigenvalue weighted by Gasteiger charge is 2.67. The molecule has 108 valence electrons. The largest absolute Gasteiger partial charge is 0.377 e. The van der Waals surface area contributed by atoms with Gasteiger partial charge in [0.2, 0.25) is 0 Å². The van der Waals surface area contributed by atoms with E-state index in [1.54, 1.807) is 0 Å². The third-order valence-corrected chi connectivity index (χ3v) is 6.55. The zero-order valence-corrected chi connectivity index (χ0v) is 12.3. The van der Waals surface area contributed by atoms with Gasteiger partial charge in [-0.05, 0) is 43.9 Å². The van der Waals surface area contributed by atoms with Crippen LogP contribution in [-0.4, -0.2) is 30.8 Å². The van der Waals surface area contributed by atoms with Gasteiger partial charge >= 0.3 is 0 Å². The monoisotopic (exact) mass is 264 g/mol. The number of nitrogens with one attached hydrogen (secondary N) is 1. The summed E-state index contributed by atoms with van der Waals surface area (Å²) in [5, 5.41) is 3.87. The molecular formula is C16H28N2O. The first-order chi connectivity index (χ1) is 9.04. The fourth-order valence-electron chi connectivity index (χ4n) is 4.75. The highest BCUT2D eigenvalue weighted by atomic mass is 16.5. The van der Waals surface area contributed by atoms with Crippen LogP contribution in [-0.2, 0) is 4.74 Å². The standard InChI is InChI=1S/C16H28N2O/c1-15(2)14-12(7-8-19-14)16(15,17)9-18-13(10-3-4-10)11-5-6-11/h10-14,18H,3-9,17H2,1-2H3. The zero-order valence-electron chi connectivity index (χ0n) is 12.3. The van der Waals surface area contributed by atoms with E-state index in [0.717, 1.165) is 37.5 Å². The van der Waals surface area contributed by atoms with Crippen LogP contribution in [0.5, 0.6) is 0 Å². The van der Waals surface area contributed by atoms with Crippen molar-refractivity contribution in [2.45, 2.75) is 63.6 Å². The van der Waals surface area contributed by atoms with Gasteiger partial charge in [0.1, 0.15) is 0 Å². The molecular weight excluding hydrogens is 236 g/mol. The van der Waals surface area contributed by atoms with Gasteiger partial charge in [-0.3, -0.25) is 0 Å². The Morgan fingerprint density at radius 1 is 1.16 bits per heavy atom. The molecule has 0 bridgehead atoms. The lowest BCUT2D eigenvalue weighted by Crippen LogP contribution is -2.78. The quantitative estimate of drug-likeness (QED) is 0.797. The lowest BCUT2D eigenvalue weighted by molar-refractivity contribution is -0.154. The summed E-state index contributed by atoms with van der Waals surface area (Å²) in [6, 6.07) is 0.762. The average molecular weight is 264 g/mol. The summed E-state index contributed by atoms with van der Waals surface area (Å²) in [5.74, 6) is 2.49. The summed E-state index contributed by atoms with van der Waals surface area (Å²) in [7, 11) is 0. The van der Waals surface area contributed by atoms with E-state index < -0.39 is 0 Å². The summed E-state index contributed by atoms with van der Waals surface area (Å²) >= 11 is 0. The van der Waals surface area contributed by atoms with Crippen molar-refractivity contribution in [1.29, 1.82) is 0 Å². The van der Waals surface area contributed by atoms with Crippen molar-refractivity contribution in [3.63, 3.8) is 0 Å². The third-order valence-electron chi connectivity index (χ3n) is 6.55. The van der Waals surface area contributed by atoms with E-state index in [2.05, 4.69) is 19.2 Å². The maximum absolute atomic E-state index is 6.81. The van der Waals surface area contributed by atoms with Crippen molar-refractivity contribution in [2.24, 2.45) is 28.9 Å². The van der Waals surface area contributed by atoms with Gasteiger partial charge in [0.15, 0.2) is 0 Å². The molecule has 0 aromatic heterocycles. The minimum absolute atomic E-state index is 0.0593. The van der Waals surface area contributed by atoms with Gasteiger partial charge in [-0.2, -0.15) is 0 Å². The van der Waals surface area contributed by atoms with Crippen LogP contribution in [0, 0.1) is 23.2 Å². The second-order valence-electron chi connectivity index (χ2n) is 8.03. The molecule has 1 heterocycles. The summed E-state index contributed by atoms with van der Waals surface area (Å²) in [4.78, 5) is 0. The van der Waals surface area contributed by atoms with Crippen molar-refractivity contribution in [3.05, 3.63) is 0 Å². The molecule has 3 aliphatic carbocycles. The van der Waals surface area contributed by atoms with Crippen LogP contribution >= 0.6 is 0 Å². The molecule has 3 unspecified atom stereocenters. The molecule has 0 spiro atoms. The molecule has 3 N–H and O–H groups in total.